The van der Waals surface area contributed by atoms with E-state index in [0.717, 1.165) is 19.3 Å². The summed E-state index contributed by atoms with van der Waals surface area (Å²) >= 11 is 0. The molecule has 0 bridgehead atoms. The Labute approximate surface area is 66.2 Å². The maximum Gasteiger partial charge on any atom is 0.327 e. The largest absolute Gasteiger partial charge is 0.478 e. The zero-order valence-electron chi connectivity index (χ0n) is 6.36. The SMILES string of the molecule is O=C(O)/C=C/[C@@H]1CC=CCC1. The lowest BCUT2D eigenvalue weighted by Gasteiger charge is -2.11. The van der Waals surface area contributed by atoms with Crippen molar-refractivity contribution in [2.45, 2.75) is 19.3 Å². The van der Waals surface area contributed by atoms with E-state index in [0.29, 0.717) is 5.92 Å². The number of hydrogen-bond donors (Lipinski definition) is 1. The highest BCUT2D eigenvalue weighted by molar-refractivity contribution is 5.79. The lowest BCUT2D eigenvalue weighted by molar-refractivity contribution is -0.131. The molecule has 0 unspecified atom stereocenters. The van der Waals surface area contributed by atoms with Gasteiger partial charge in [0, 0.05) is 6.08 Å². The van der Waals surface area contributed by atoms with Crippen molar-refractivity contribution in [1.82, 2.24) is 0 Å². The zero-order valence-corrected chi connectivity index (χ0v) is 6.36. The Morgan fingerprint density at radius 3 is 2.91 bits per heavy atom. The van der Waals surface area contributed by atoms with E-state index in [4.69, 9.17) is 5.11 Å². The fraction of sp³-hybridized carbons (Fsp3) is 0.444. The summed E-state index contributed by atoms with van der Waals surface area (Å²) in [5.74, 6) is -0.407. The molecule has 0 amide bonds. The average Bonchev–Trinajstić information content (AvgIpc) is 2.03. The third-order valence-corrected chi connectivity index (χ3v) is 1.82. The van der Waals surface area contributed by atoms with Crippen LogP contribution in [-0.4, -0.2) is 11.1 Å². The Balaban J connectivity index is 2.37. The minimum absolute atomic E-state index is 0.441. The molecule has 11 heavy (non-hydrogen) atoms. The molecular formula is C9H12O2. The molecular weight excluding hydrogens is 140 g/mol. The number of carbonyl (C=O) groups is 1. The fourth-order valence-corrected chi connectivity index (χ4v) is 1.21. The van der Waals surface area contributed by atoms with Crippen molar-refractivity contribution in [3.05, 3.63) is 24.3 Å². The van der Waals surface area contributed by atoms with Gasteiger partial charge < -0.3 is 5.11 Å². The lowest BCUT2D eigenvalue weighted by atomic mass is 9.94. The highest BCUT2D eigenvalue weighted by Gasteiger charge is 2.05. The molecule has 0 aromatic carbocycles. The van der Waals surface area contributed by atoms with Gasteiger partial charge in [-0.15, -0.1) is 0 Å². The third-order valence-electron chi connectivity index (χ3n) is 1.82. The van der Waals surface area contributed by atoms with Gasteiger partial charge in [-0.1, -0.05) is 18.2 Å². The molecule has 1 aliphatic rings. The average molecular weight is 152 g/mol. The van der Waals surface area contributed by atoms with Gasteiger partial charge in [0.15, 0.2) is 0 Å². The smallest absolute Gasteiger partial charge is 0.327 e. The Hall–Kier alpha value is -1.05. The van der Waals surface area contributed by atoms with E-state index in [1.165, 1.54) is 6.08 Å². The van der Waals surface area contributed by atoms with Crippen LogP contribution in [0.15, 0.2) is 24.3 Å². The van der Waals surface area contributed by atoms with Crippen LogP contribution < -0.4 is 0 Å². The van der Waals surface area contributed by atoms with Crippen molar-refractivity contribution in [2.75, 3.05) is 0 Å². The number of allylic oxidation sites excluding steroid dienone is 3. The van der Waals surface area contributed by atoms with Crippen LogP contribution in [0.2, 0.25) is 0 Å². The van der Waals surface area contributed by atoms with Gasteiger partial charge in [-0.25, -0.2) is 4.79 Å². The van der Waals surface area contributed by atoms with Gasteiger partial charge in [-0.05, 0) is 25.2 Å². The standard InChI is InChI=1S/C9H12O2/c10-9(11)7-6-8-4-2-1-3-5-8/h1-2,6-8H,3-5H2,(H,10,11)/b7-6+/t8-/m1/s1. The van der Waals surface area contributed by atoms with Crippen LogP contribution >= 0.6 is 0 Å². The summed E-state index contributed by atoms with van der Waals surface area (Å²) in [6.07, 6.45) is 10.4. The number of hydrogen-bond acceptors (Lipinski definition) is 1. The molecule has 60 valence electrons. The first-order valence-corrected chi connectivity index (χ1v) is 3.85. The number of carboxylic acid groups (broad SMARTS) is 1. The van der Waals surface area contributed by atoms with E-state index < -0.39 is 5.97 Å². The molecule has 2 nitrogen and oxygen atoms in total. The molecule has 0 saturated carbocycles. The molecule has 0 spiro atoms. The van der Waals surface area contributed by atoms with E-state index in [2.05, 4.69) is 12.2 Å². The summed E-state index contributed by atoms with van der Waals surface area (Å²) in [5, 5.41) is 8.34. The second kappa shape index (κ2) is 3.96. The summed E-state index contributed by atoms with van der Waals surface area (Å²) in [4.78, 5) is 10.1. The minimum atomic E-state index is -0.848. The second-order valence-corrected chi connectivity index (χ2v) is 2.74. The summed E-state index contributed by atoms with van der Waals surface area (Å²) in [6, 6.07) is 0. The molecule has 0 aromatic rings. The normalized spacial score (nSPS) is 24.2. The topological polar surface area (TPSA) is 37.3 Å². The van der Waals surface area contributed by atoms with Crippen molar-refractivity contribution >= 4 is 5.97 Å². The monoisotopic (exact) mass is 152 g/mol. The van der Waals surface area contributed by atoms with Crippen molar-refractivity contribution < 1.29 is 9.90 Å². The molecule has 1 atom stereocenters. The molecule has 0 radical (unpaired) electrons. The summed E-state index contributed by atoms with van der Waals surface area (Å²) in [6.45, 7) is 0. The molecule has 0 heterocycles. The Kier molecular flexibility index (Phi) is 2.90. The number of rotatable bonds is 2. The van der Waals surface area contributed by atoms with Crippen molar-refractivity contribution in [2.24, 2.45) is 5.92 Å². The van der Waals surface area contributed by atoms with Gasteiger partial charge in [0.05, 0.1) is 0 Å². The second-order valence-electron chi connectivity index (χ2n) is 2.74. The van der Waals surface area contributed by atoms with Crippen molar-refractivity contribution in [3.8, 4) is 0 Å². The summed E-state index contributed by atoms with van der Waals surface area (Å²) in [7, 11) is 0. The van der Waals surface area contributed by atoms with Gasteiger partial charge in [-0.3, -0.25) is 0 Å². The minimum Gasteiger partial charge on any atom is -0.478 e. The molecule has 0 aliphatic heterocycles. The summed E-state index contributed by atoms with van der Waals surface area (Å²) < 4.78 is 0. The van der Waals surface area contributed by atoms with Crippen LogP contribution in [0.25, 0.3) is 0 Å². The fourth-order valence-electron chi connectivity index (χ4n) is 1.21. The van der Waals surface area contributed by atoms with E-state index in [9.17, 15) is 4.79 Å². The van der Waals surface area contributed by atoms with E-state index in [-0.39, 0.29) is 0 Å². The van der Waals surface area contributed by atoms with Gasteiger partial charge >= 0.3 is 5.97 Å². The first-order valence-electron chi connectivity index (χ1n) is 3.85. The first-order chi connectivity index (χ1) is 5.29. The van der Waals surface area contributed by atoms with Gasteiger partial charge in [-0.2, -0.15) is 0 Å². The molecule has 1 N–H and O–H groups in total. The van der Waals surface area contributed by atoms with Crippen LogP contribution in [0.1, 0.15) is 19.3 Å². The number of aliphatic carboxylic acids is 1. The van der Waals surface area contributed by atoms with Crippen molar-refractivity contribution in [3.63, 3.8) is 0 Å². The van der Waals surface area contributed by atoms with Gasteiger partial charge in [0.2, 0.25) is 0 Å². The molecule has 1 aliphatic carbocycles. The molecule has 0 fully saturated rings. The van der Waals surface area contributed by atoms with Crippen LogP contribution in [0.5, 0.6) is 0 Å². The first kappa shape index (κ1) is 8.05. The van der Waals surface area contributed by atoms with Gasteiger partial charge in [0.1, 0.15) is 0 Å². The Bertz CT molecular complexity index is 192. The van der Waals surface area contributed by atoms with Crippen LogP contribution in [0, 0.1) is 5.92 Å². The summed E-state index contributed by atoms with van der Waals surface area (Å²) in [5.41, 5.74) is 0. The molecule has 0 saturated heterocycles. The lowest BCUT2D eigenvalue weighted by Crippen LogP contribution is -1.99. The third kappa shape index (κ3) is 3.03. The predicted octanol–water partition coefficient (Wildman–Crippen LogP) is 1.98. The van der Waals surface area contributed by atoms with E-state index in [1.807, 2.05) is 0 Å². The maximum atomic E-state index is 10.1. The zero-order chi connectivity index (χ0) is 8.10. The van der Waals surface area contributed by atoms with Crippen molar-refractivity contribution in [1.29, 1.82) is 0 Å². The van der Waals surface area contributed by atoms with Crippen LogP contribution in [0.4, 0.5) is 0 Å². The number of carboxylic acids is 1. The highest BCUT2D eigenvalue weighted by Crippen LogP contribution is 2.18. The molecule has 2 heteroatoms. The van der Waals surface area contributed by atoms with Gasteiger partial charge in [0.25, 0.3) is 0 Å². The van der Waals surface area contributed by atoms with E-state index in [1.54, 1.807) is 6.08 Å². The van der Waals surface area contributed by atoms with E-state index >= 15 is 0 Å². The Morgan fingerprint density at radius 1 is 1.55 bits per heavy atom. The highest BCUT2D eigenvalue weighted by atomic mass is 16.4. The van der Waals surface area contributed by atoms with Crippen LogP contribution in [0.3, 0.4) is 0 Å². The van der Waals surface area contributed by atoms with Crippen LogP contribution in [-0.2, 0) is 4.79 Å². The quantitative estimate of drug-likeness (QED) is 0.485. The Morgan fingerprint density at radius 2 is 2.36 bits per heavy atom. The molecule has 0 aromatic heterocycles. The molecule has 1 rings (SSSR count). The predicted molar refractivity (Wildman–Crippen MR) is 43.3 cm³/mol. The maximum absolute atomic E-state index is 10.1.